The second-order valence-corrected chi connectivity index (χ2v) is 4.99. The number of ether oxygens (including phenoxy) is 1. The van der Waals surface area contributed by atoms with Crippen LogP contribution in [0.2, 0.25) is 0 Å². The molecule has 2 rings (SSSR count). The van der Waals surface area contributed by atoms with E-state index in [1.807, 2.05) is 11.8 Å². The molecule has 0 radical (unpaired) electrons. The molecule has 1 saturated heterocycles. The second-order valence-electron chi connectivity index (χ2n) is 3.66. The van der Waals surface area contributed by atoms with Crippen LogP contribution in [0.5, 0.6) is 5.75 Å². The maximum Gasteiger partial charge on any atom is 0.119 e. The van der Waals surface area contributed by atoms with Gasteiger partial charge in [-0.25, -0.2) is 0 Å². The molecular weight excluding hydrogens is 192 g/mol. The Labute approximate surface area is 89.9 Å². The van der Waals surface area contributed by atoms with E-state index in [9.17, 15) is 0 Å². The molecular formula is C12H16OS. The number of rotatable bonds is 5. The first-order valence-corrected chi connectivity index (χ1v) is 6.26. The molecule has 0 N–H and O–H groups in total. The third-order valence-corrected chi connectivity index (χ3v) is 3.24. The summed E-state index contributed by atoms with van der Waals surface area (Å²) in [5.41, 5.74) is 1.40. The maximum absolute atomic E-state index is 5.64. The molecule has 14 heavy (non-hydrogen) atoms. The van der Waals surface area contributed by atoms with Gasteiger partial charge in [-0.15, -0.1) is 0 Å². The van der Waals surface area contributed by atoms with Crippen LogP contribution in [0.25, 0.3) is 0 Å². The van der Waals surface area contributed by atoms with Gasteiger partial charge >= 0.3 is 0 Å². The quantitative estimate of drug-likeness (QED) is 0.687. The van der Waals surface area contributed by atoms with Gasteiger partial charge in [0.15, 0.2) is 0 Å². The Bertz CT molecular complexity index is 277. The summed E-state index contributed by atoms with van der Waals surface area (Å²) in [6, 6.07) is 8.49. The molecule has 1 aromatic rings. The van der Waals surface area contributed by atoms with E-state index in [1.54, 1.807) is 0 Å². The van der Waals surface area contributed by atoms with Crippen molar-refractivity contribution in [1.29, 1.82) is 0 Å². The lowest BCUT2D eigenvalue weighted by atomic mass is 10.1. The Morgan fingerprint density at radius 2 is 2.07 bits per heavy atom. The summed E-state index contributed by atoms with van der Waals surface area (Å²) in [6.07, 6.45) is 2.37. The fourth-order valence-corrected chi connectivity index (χ4v) is 1.79. The number of hydrogen-bond acceptors (Lipinski definition) is 2. The van der Waals surface area contributed by atoms with Crippen LogP contribution in [-0.4, -0.2) is 17.6 Å². The lowest BCUT2D eigenvalue weighted by Crippen LogP contribution is -2.02. The summed E-state index contributed by atoms with van der Waals surface area (Å²) in [7, 11) is 0. The molecule has 1 heterocycles. The van der Waals surface area contributed by atoms with Crippen molar-refractivity contribution in [2.45, 2.75) is 25.0 Å². The molecule has 1 aromatic carbocycles. The minimum absolute atomic E-state index is 0.755. The van der Waals surface area contributed by atoms with Gasteiger partial charge in [0.2, 0.25) is 0 Å². The molecule has 0 amide bonds. The summed E-state index contributed by atoms with van der Waals surface area (Å²) in [5, 5.41) is 0.755. The van der Waals surface area contributed by atoms with E-state index >= 15 is 0 Å². The van der Waals surface area contributed by atoms with Crippen LogP contribution in [0.3, 0.4) is 0 Å². The topological polar surface area (TPSA) is 9.23 Å². The molecule has 1 atom stereocenters. The first-order valence-electron chi connectivity index (χ1n) is 5.22. The zero-order valence-corrected chi connectivity index (χ0v) is 9.35. The molecule has 2 heteroatoms. The van der Waals surface area contributed by atoms with Gasteiger partial charge in [-0.1, -0.05) is 25.5 Å². The van der Waals surface area contributed by atoms with E-state index < -0.39 is 0 Å². The molecule has 1 unspecified atom stereocenters. The van der Waals surface area contributed by atoms with Gasteiger partial charge < -0.3 is 4.74 Å². The van der Waals surface area contributed by atoms with Crippen molar-refractivity contribution in [2.24, 2.45) is 0 Å². The third kappa shape index (κ3) is 2.95. The van der Waals surface area contributed by atoms with Crippen LogP contribution in [0.1, 0.15) is 18.9 Å². The Balaban J connectivity index is 1.84. The van der Waals surface area contributed by atoms with Crippen molar-refractivity contribution < 1.29 is 4.74 Å². The fraction of sp³-hybridized carbons (Fsp3) is 0.500. The minimum Gasteiger partial charge on any atom is -0.492 e. The van der Waals surface area contributed by atoms with Gasteiger partial charge in [-0.2, -0.15) is 11.8 Å². The molecule has 1 fully saturated rings. The zero-order valence-electron chi connectivity index (χ0n) is 8.53. The number of hydrogen-bond donors (Lipinski definition) is 0. The van der Waals surface area contributed by atoms with E-state index in [0.717, 1.165) is 17.6 Å². The van der Waals surface area contributed by atoms with Crippen molar-refractivity contribution in [3.05, 3.63) is 29.8 Å². The van der Waals surface area contributed by atoms with Crippen molar-refractivity contribution in [1.82, 2.24) is 0 Å². The smallest absolute Gasteiger partial charge is 0.119 e. The van der Waals surface area contributed by atoms with Crippen molar-refractivity contribution >= 4 is 11.8 Å². The van der Waals surface area contributed by atoms with Gasteiger partial charge in [0.05, 0.1) is 0 Å². The van der Waals surface area contributed by atoms with E-state index in [1.165, 1.54) is 24.2 Å². The molecule has 0 spiro atoms. The Kier molecular flexibility index (Phi) is 3.35. The molecule has 0 bridgehead atoms. The summed E-state index contributed by atoms with van der Waals surface area (Å²) in [6.45, 7) is 3.08. The van der Waals surface area contributed by atoms with E-state index in [2.05, 4.69) is 31.2 Å². The lowest BCUT2D eigenvalue weighted by molar-refractivity contribution is 0.330. The Hall–Kier alpha value is -0.630. The van der Waals surface area contributed by atoms with Gasteiger partial charge in [0, 0.05) is 11.0 Å². The molecule has 1 aliphatic rings. The van der Waals surface area contributed by atoms with E-state index in [4.69, 9.17) is 4.74 Å². The molecule has 0 saturated carbocycles. The summed E-state index contributed by atoms with van der Waals surface area (Å²) >= 11 is 1.97. The summed E-state index contributed by atoms with van der Waals surface area (Å²) in [5.74, 6) is 2.28. The van der Waals surface area contributed by atoms with Crippen molar-refractivity contribution in [2.75, 3.05) is 12.4 Å². The van der Waals surface area contributed by atoms with E-state index in [-0.39, 0.29) is 0 Å². The summed E-state index contributed by atoms with van der Waals surface area (Å²) in [4.78, 5) is 0. The highest BCUT2D eigenvalue weighted by molar-refractivity contribution is 8.06. The third-order valence-electron chi connectivity index (χ3n) is 2.30. The standard InChI is InChI=1S/C12H16OS/c1-2-3-10-4-6-11(7-5-10)13-8-12-9-14-12/h4-7,12H,2-3,8-9H2,1H3. The average Bonchev–Trinajstić information content (AvgIpc) is 3.01. The molecule has 1 aliphatic heterocycles. The first kappa shape index (κ1) is 9.91. The van der Waals surface area contributed by atoms with Gasteiger partial charge in [-0.05, 0) is 24.1 Å². The number of aryl methyl sites for hydroxylation is 1. The Morgan fingerprint density at radius 1 is 1.36 bits per heavy atom. The predicted molar refractivity (Wildman–Crippen MR) is 62.2 cm³/mol. The van der Waals surface area contributed by atoms with Gasteiger partial charge in [0.25, 0.3) is 0 Å². The lowest BCUT2D eigenvalue weighted by Gasteiger charge is -2.05. The summed E-state index contributed by atoms with van der Waals surface area (Å²) < 4.78 is 5.64. The highest BCUT2D eigenvalue weighted by Crippen LogP contribution is 2.30. The predicted octanol–water partition coefficient (Wildman–Crippen LogP) is 3.13. The maximum atomic E-state index is 5.64. The molecule has 0 aromatic heterocycles. The van der Waals surface area contributed by atoms with Gasteiger partial charge in [0.1, 0.15) is 12.4 Å². The van der Waals surface area contributed by atoms with Crippen LogP contribution in [-0.2, 0) is 6.42 Å². The average molecular weight is 208 g/mol. The van der Waals surface area contributed by atoms with Crippen LogP contribution in [0.4, 0.5) is 0 Å². The second kappa shape index (κ2) is 4.74. The van der Waals surface area contributed by atoms with Crippen LogP contribution in [0, 0.1) is 0 Å². The monoisotopic (exact) mass is 208 g/mol. The SMILES string of the molecule is CCCc1ccc(OCC2CS2)cc1. The van der Waals surface area contributed by atoms with Crippen LogP contribution >= 0.6 is 11.8 Å². The highest BCUT2D eigenvalue weighted by Gasteiger charge is 2.22. The normalized spacial score (nSPS) is 19.4. The molecule has 76 valence electrons. The minimum atomic E-state index is 0.755. The van der Waals surface area contributed by atoms with Gasteiger partial charge in [-0.3, -0.25) is 0 Å². The first-order chi connectivity index (χ1) is 6.88. The van der Waals surface area contributed by atoms with Crippen LogP contribution < -0.4 is 4.74 Å². The number of benzene rings is 1. The van der Waals surface area contributed by atoms with E-state index in [0.29, 0.717) is 0 Å². The van der Waals surface area contributed by atoms with Crippen LogP contribution in [0.15, 0.2) is 24.3 Å². The molecule has 0 aliphatic carbocycles. The van der Waals surface area contributed by atoms with Crippen molar-refractivity contribution in [3.63, 3.8) is 0 Å². The molecule has 1 nitrogen and oxygen atoms in total. The highest BCUT2D eigenvalue weighted by atomic mass is 32.2. The number of thioether (sulfide) groups is 1. The Morgan fingerprint density at radius 3 is 2.64 bits per heavy atom. The fourth-order valence-electron chi connectivity index (χ4n) is 1.39. The zero-order chi connectivity index (χ0) is 9.80. The van der Waals surface area contributed by atoms with Crippen molar-refractivity contribution in [3.8, 4) is 5.75 Å². The largest absolute Gasteiger partial charge is 0.492 e.